The van der Waals surface area contributed by atoms with Gasteiger partial charge in [-0.2, -0.15) is 0 Å². The smallest absolute Gasteiger partial charge is 0.225 e. The van der Waals surface area contributed by atoms with Crippen LogP contribution in [0.3, 0.4) is 0 Å². The van der Waals surface area contributed by atoms with Crippen molar-refractivity contribution < 1.29 is 14.0 Å². The highest BCUT2D eigenvalue weighted by molar-refractivity contribution is 6.30. The molecule has 1 heterocycles. The van der Waals surface area contributed by atoms with Gasteiger partial charge in [-0.15, -0.1) is 0 Å². The van der Waals surface area contributed by atoms with E-state index in [1.807, 2.05) is 38.1 Å². The van der Waals surface area contributed by atoms with Crippen LogP contribution in [0.25, 0.3) is 0 Å². The van der Waals surface area contributed by atoms with Crippen molar-refractivity contribution >= 4 is 23.2 Å². The van der Waals surface area contributed by atoms with Gasteiger partial charge in [0.2, 0.25) is 5.91 Å². The first-order valence-electron chi connectivity index (χ1n) is 8.94. The number of nitrogens with zero attached hydrogens (tertiary/aromatic N) is 2. The van der Waals surface area contributed by atoms with Crippen molar-refractivity contribution in [3.63, 3.8) is 0 Å². The second-order valence-electron chi connectivity index (χ2n) is 6.98. The number of carbonyl (C=O) groups is 1. The summed E-state index contributed by atoms with van der Waals surface area (Å²) in [5.74, 6) is -0.359. The fourth-order valence-corrected chi connectivity index (χ4v) is 3.25. The lowest BCUT2D eigenvalue weighted by molar-refractivity contribution is -0.136. The SMILES string of the molecule is CC(C)C(=O)N(Cc1cccc(Cl)c1)CC1CC(c2ccc(F)cc2)=NO1. The molecule has 1 amide bonds. The monoisotopic (exact) mass is 388 g/mol. The number of amides is 1. The molecule has 0 aromatic heterocycles. The lowest BCUT2D eigenvalue weighted by Gasteiger charge is -2.26. The summed E-state index contributed by atoms with van der Waals surface area (Å²) in [4.78, 5) is 20.0. The molecule has 0 radical (unpaired) electrons. The van der Waals surface area contributed by atoms with Crippen LogP contribution in [0.2, 0.25) is 5.02 Å². The highest BCUT2D eigenvalue weighted by atomic mass is 35.5. The standard InChI is InChI=1S/C21H22ClFN2O2/c1-14(2)21(26)25(12-15-4-3-5-17(22)10-15)13-19-11-20(24-27-19)16-6-8-18(23)9-7-16/h3-10,14,19H,11-13H2,1-2H3. The van der Waals surface area contributed by atoms with Gasteiger partial charge >= 0.3 is 0 Å². The molecule has 0 fully saturated rings. The van der Waals surface area contributed by atoms with Gasteiger partial charge < -0.3 is 9.74 Å². The Morgan fingerprint density at radius 1 is 1.30 bits per heavy atom. The Morgan fingerprint density at radius 3 is 2.70 bits per heavy atom. The molecule has 6 heteroatoms. The molecule has 1 aliphatic rings. The minimum atomic E-state index is -0.287. The first-order valence-corrected chi connectivity index (χ1v) is 9.32. The van der Waals surface area contributed by atoms with E-state index >= 15 is 0 Å². The Bertz CT molecular complexity index is 836. The van der Waals surface area contributed by atoms with Crippen LogP contribution in [0.1, 0.15) is 31.4 Å². The van der Waals surface area contributed by atoms with Crippen molar-refractivity contribution in [1.82, 2.24) is 4.90 Å². The molecule has 0 spiro atoms. The molecule has 0 N–H and O–H groups in total. The second-order valence-corrected chi connectivity index (χ2v) is 7.42. The van der Waals surface area contributed by atoms with Crippen molar-refractivity contribution in [2.24, 2.45) is 11.1 Å². The zero-order chi connectivity index (χ0) is 19.4. The zero-order valence-electron chi connectivity index (χ0n) is 15.4. The summed E-state index contributed by atoms with van der Waals surface area (Å²) < 4.78 is 13.1. The van der Waals surface area contributed by atoms with Crippen LogP contribution in [0, 0.1) is 11.7 Å². The van der Waals surface area contributed by atoms with Crippen LogP contribution in [-0.4, -0.2) is 29.2 Å². The molecule has 1 unspecified atom stereocenters. The normalized spacial score (nSPS) is 16.2. The van der Waals surface area contributed by atoms with E-state index in [0.717, 1.165) is 16.8 Å². The predicted octanol–water partition coefficient (Wildman–Crippen LogP) is 4.66. The molecule has 0 bridgehead atoms. The topological polar surface area (TPSA) is 41.9 Å². The summed E-state index contributed by atoms with van der Waals surface area (Å²) in [5, 5.41) is 4.77. The van der Waals surface area contributed by atoms with Crippen LogP contribution >= 0.6 is 11.6 Å². The third-order valence-electron chi connectivity index (χ3n) is 4.40. The summed E-state index contributed by atoms with van der Waals surface area (Å²) in [6.45, 7) is 4.65. The largest absolute Gasteiger partial charge is 0.390 e. The van der Waals surface area contributed by atoms with Gasteiger partial charge in [0.1, 0.15) is 5.82 Å². The van der Waals surface area contributed by atoms with Crippen molar-refractivity contribution in [2.75, 3.05) is 6.54 Å². The van der Waals surface area contributed by atoms with E-state index in [1.165, 1.54) is 12.1 Å². The molecule has 142 valence electrons. The van der Waals surface area contributed by atoms with Crippen LogP contribution in [-0.2, 0) is 16.2 Å². The fourth-order valence-electron chi connectivity index (χ4n) is 3.04. The molecular weight excluding hydrogens is 367 g/mol. The molecule has 2 aromatic carbocycles. The first kappa shape index (κ1) is 19.4. The average molecular weight is 389 g/mol. The zero-order valence-corrected chi connectivity index (χ0v) is 16.1. The van der Waals surface area contributed by atoms with E-state index in [9.17, 15) is 9.18 Å². The van der Waals surface area contributed by atoms with Crippen LogP contribution in [0.15, 0.2) is 53.7 Å². The van der Waals surface area contributed by atoms with E-state index in [2.05, 4.69) is 5.16 Å². The first-order chi connectivity index (χ1) is 12.9. The Morgan fingerprint density at radius 2 is 2.04 bits per heavy atom. The molecule has 27 heavy (non-hydrogen) atoms. The third-order valence-corrected chi connectivity index (χ3v) is 4.64. The molecule has 1 atom stereocenters. The van der Waals surface area contributed by atoms with Gasteiger partial charge in [-0.05, 0) is 35.4 Å². The van der Waals surface area contributed by atoms with Crippen molar-refractivity contribution in [3.05, 3.63) is 70.5 Å². The van der Waals surface area contributed by atoms with Gasteiger partial charge in [0, 0.05) is 23.9 Å². The summed E-state index contributed by atoms with van der Waals surface area (Å²) in [6.07, 6.45) is 0.343. The van der Waals surface area contributed by atoms with Gasteiger partial charge in [-0.25, -0.2) is 4.39 Å². The van der Waals surface area contributed by atoms with Crippen LogP contribution < -0.4 is 0 Å². The quantitative estimate of drug-likeness (QED) is 0.722. The Labute approximate surface area is 163 Å². The van der Waals surface area contributed by atoms with Crippen LogP contribution in [0.4, 0.5) is 4.39 Å². The molecule has 0 saturated carbocycles. The predicted molar refractivity (Wildman–Crippen MR) is 104 cm³/mol. The molecule has 0 aliphatic carbocycles. The second kappa shape index (κ2) is 8.53. The highest BCUT2D eigenvalue weighted by Gasteiger charge is 2.27. The number of hydrogen-bond donors (Lipinski definition) is 0. The molecule has 2 aromatic rings. The van der Waals surface area contributed by atoms with E-state index in [0.29, 0.717) is 24.5 Å². The summed E-state index contributed by atoms with van der Waals surface area (Å²) >= 11 is 6.07. The van der Waals surface area contributed by atoms with Crippen LogP contribution in [0.5, 0.6) is 0 Å². The summed E-state index contributed by atoms with van der Waals surface area (Å²) in [7, 11) is 0. The van der Waals surface area contributed by atoms with Crippen molar-refractivity contribution in [3.8, 4) is 0 Å². The van der Waals surface area contributed by atoms with Crippen molar-refractivity contribution in [2.45, 2.75) is 32.9 Å². The number of oxime groups is 1. The van der Waals surface area contributed by atoms with Gasteiger partial charge in [-0.1, -0.05) is 54.9 Å². The maximum atomic E-state index is 13.1. The van der Waals surface area contributed by atoms with Gasteiger partial charge in [-0.3, -0.25) is 4.79 Å². The van der Waals surface area contributed by atoms with Gasteiger partial charge in [0.05, 0.1) is 12.3 Å². The highest BCUT2D eigenvalue weighted by Crippen LogP contribution is 2.20. The molecule has 1 aliphatic heterocycles. The number of rotatable bonds is 6. The molecular formula is C21H22ClFN2O2. The average Bonchev–Trinajstić information content (AvgIpc) is 3.09. The molecule has 4 nitrogen and oxygen atoms in total. The van der Waals surface area contributed by atoms with E-state index in [-0.39, 0.29) is 23.7 Å². The number of carbonyl (C=O) groups excluding carboxylic acids is 1. The van der Waals surface area contributed by atoms with Gasteiger partial charge in [0.15, 0.2) is 6.10 Å². The number of benzene rings is 2. The molecule has 0 saturated heterocycles. The number of halogens is 2. The third kappa shape index (κ3) is 5.07. The van der Waals surface area contributed by atoms with Gasteiger partial charge in [0.25, 0.3) is 0 Å². The number of hydrogen-bond acceptors (Lipinski definition) is 3. The summed E-state index contributed by atoms with van der Waals surface area (Å²) in [5.41, 5.74) is 2.56. The lowest BCUT2D eigenvalue weighted by Crippen LogP contribution is -2.39. The maximum Gasteiger partial charge on any atom is 0.225 e. The van der Waals surface area contributed by atoms with E-state index < -0.39 is 0 Å². The maximum absolute atomic E-state index is 13.1. The summed E-state index contributed by atoms with van der Waals surface area (Å²) in [6, 6.07) is 13.7. The minimum Gasteiger partial charge on any atom is -0.390 e. The van der Waals surface area contributed by atoms with E-state index in [4.69, 9.17) is 16.4 Å². The fraction of sp³-hybridized carbons (Fsp3) is 0.333. The molecule has 3 rings (SSSR count). The minimum absolute atomic E-state index is 0.0498. The Hall–Kier alpha value is -2.40. The Kier molecular flexibility index (Phi) is 6.11. The van der Waals surface area contributed by atoms with Crippen molar-refractivity contribution in [1.29, 1.82) is 0 Å². The lowest BCUT2D eigenvalue weighted by atomic mass is 10.0. The Balaban J connectivity index is 1.68. The van der Waals surface area contributed by atoms with E-state index in [1.54, 1.807) is 17.0 Å².